The normalized spacial score (nSPS) is 11.4. The van der Waals surface area contributed by atoms with E-state index in [1.54, 1.807) is 0 Å². The molecule has 0 saturated heterocycles. The summed E-state index contributed by atoms with van der Waals surface area (Å²) in [6.45, 7) is 6.70. The Labute approximate surface area is 226 Å². The first-order chi connectivity index (χ1) is 17.9. The first kappa shape index (κ1) is 28.6. The Hall–Kier alpha value is -3.96. The van der Waals surface area contributed by atoms with Crippen LogP contribution in [0.4, 0.5) is 11.4 Å². The lowest BCUT2D eigenvalue weighted by molar-refractivity contribution is -0.385. The van der Waals surface area contributed by atoms with Gasteiger partial charge in [0.25, 0.3) is 21.6 Å². The third-order valence-corrected chi connectivity index (χ3v) is 8.15. The second-order valence-corrected chi connectivity index (χ2v) is 10.8. The van der Waals surface area contributed by atoms with Crippen molar-refractivity contribution in [3.8, 4) is 5.75 Å². The van der Waals surface area contributed by atoms with E-state index < -0.39 is 27.4 Å². The Balaban J connectivity index is 2.00. The zero-order valence-corrected chi connectivity index (χ0v) is 23.1. The van der Waals surface area contributed by atoms with Crippen LogP contribution in [0.5, 0.6) is 5.75 Å². The molecule has 1 amide bonds. The van der Waals surface area contributed by atoms with E-state index in [1.807, 2.05) is 32.9 Å². The van der Waals surface area contributed by atoms with Crippen LogP contribution >= 0.6 is 11.6 Å². The van der Waals surface area contributed by atoms with Gasteiger partial charge in [-0.1, -0.05) is 29.8 Å². The maximum Gasteiger partial charge on any atom is 0.273 e. The lowest BCUT2D eigenvalue weighted by Gasteiger charge is -2.25. The maximum absolute atomic E-state index is 13.7. The predicted octanol–water partition coefficient (Wildman–Crippen LogP) is 4.84. The maximum atomic E-state index is 13.7. The van der Waals surface area contributed by atoms with Crippen molar-refractivity contribution < 1.29 is 22.9 Å². The van der Waals surface area contributed by atoms with Crippen LogP contribution in [0, 0.1) is 37.8 Å². The van der Waals surface area contributed by atoms with Crippen molar-refractivity contribution in [3.05, 3.63) is 91.5 Å². The fourth-order valence-corrected chi connectivity index (χ4v) is 5.30. The average Bonchev–Trinajstić information content (AvgIpc) is 2.87. The molecule has 0 aliphatic carbocycles. The monoisotopic (exact) mass is 558 g/mol. The molecule has 3 aromatic rings. The molecule has 0 spiro atoms. The SMILES string of the molecule is COc1ccc(Cl)cc1N(CC(=O)N/N=C\c1ccc(C)c(C)c1C)S(=O)(=O)c1ccc(C)c([N+](=O)[O-])c1. The van der Waals surface area contributed by atoms with Crippen molar-refractivity contribution in [1.29, 1.82) is 0 Å². The number of rotatable bonds is 9. The van der Waals surface area contributed by atoms with Crippen molar-refractivity contribution in [2.24, 2.45) is 5.10 Å². The Kier molecular flexibility index (Phi) is 8.74. The highest BCUT2D eigenvalue weighted by molar-refractivity contribution is 7.92. The molecule has 0 unspecified atom stereocenters. The number of sulfonamides is 1. The van der Waals surface area contributed by atoms with Crippen LogP contribution < -0.4 is 14.5 Å². The number of methoxy groups -OCH3 is 1. The summed E-state index contributed by atoms with van der Waals surface area (Å²) in [5.41, 5.74) is 6.25. The lowest BCUT2D eigenvalue weighted by atomic mass is 10.00. The van der Waals surface area contributed by atoms with Crippen LogP contribution in [0.2, 0.25) is 5.02 Å². The van der Waals surface area contributed by atoms with Gasteiger partial charge < -0.3 is 4.74 Å². The van der Waals surface area contributed by atoms with E-state index in [2.05, 4.69) is 10.5 Å². The number of nitro groups is 1. The summed E-state index contributed by atoms with van der Waals surface area (Å²) in [5.74, 6) is -0.628. The molecule has 3 rings (SSSR count). The van der Waals surface area contributed by atoms with Gasteiger partial charge in [-0.3, -0.25) is 19.2 Å². The molecule has 3 aromatic carbocycles. The minimum atomic E-state index is -4.49. The molecule has 0 saturated carbocycles. The first-order valence-corrected chi connectivity index (χ1v) is 13.2. The number of hydrogen-bond acceptors (Lipinski definition) is 7. The van der Waals surface area contributed by atoms with Crippen molar-refractivity contribution in [1.82, 2.24) is 5.43 Å². The highest BCUT2D eigenvalue weighted by Crippen LogP contribution is 2.35. The van der Waals surface area contributed by atoms with E-state index in [-0.39, 0.29) is 32.6 Å². The van der Waals surface area contributed by atoms with Crippen LogP contribution in [-0.2, 0) is 14.8 Å². The Morgan fingerprint density at radius 3 is 2.42 bits per heavy atom. The Morgan fingerprint density at radius 2 is 1.76 bits per heavy atom. The van der Waals surface area contributed by atoms with Gasteiger partial charge in [0, 0.05) is 16.7 Å². The number of ether oxygens (including phenoxy) is 1. The Bertz CT molecular complexity index is 1540. The molecule has 0 aromatic heterocycles. The topological polar surface area (TPSA) is 131 Å². The number of nitrogens with one attached hydrogen (secondary N) is 1. The second kappa shape index (κ2) is 11.6. The van der Waals surface area contributed by atoms with Gasteiger partial charge in [0.15, 0.2) is 0 Å². The fraction of sp³-hybridized carbons (Fsp3) is 0.231. The molecule has 10 nitrogen and oxygen atoms in total. The number of carbonyl (C=O) groups is 1. The smallest absolute Gasteiger partial charge is 0.273 e. The minimum Gasteiger partial charge on any atom is -0.495 e. The minimum absolute atomic E-state index is 0.0210. The molecule has 12 heteroatoms. The highest BCUT2D eigenvalue weighted by Gasteiger charge is 2.31. The molecule has 0 fully saturated rings. The van der Waals surface area contributed by atoms with E-state index in [9.17, 15) is 23.3 Å². The van der Waals surface area contributed by atoms with Gasteiger partial charge in [0.05, 0.1) is 28.8 Å². The van der Waals surface area contributed by atoms with Crippen LogP contribution in [-0.4, -0.2) is 39.1 Å². The average molecular weight is 559 g/mol. The van der Waals surface area contributed by atoms with Crippen LogP contribution in [0.1, 0.15) is 27.8 Å². The quantitative estimate of drug-likeness (QED) is 0.227. The standard InChI is InChI=1S/C26H27ClN4O6S/c1-16-6-8-20(19(4)18(16)3)14-28-29-26(32)15-30(24-12-21(27)9-11-25(24)37-5)38(35,36)22-10-7-17(2)23(13-22)31(33)34/h6-14H,15H2,1-5H3,(H,29,32)/b28-14-. The molecular weight excluding hydrogens is 532 g/mol. The third kappa shape index (κ3) is 6.12. The van der Waals surface area contributed by atoms with E-state index in [4.69, 9.17) is 16.3 Å². The van der Waals surface area contributed by atoms with Gasteiger partial charge in [-0.25, -0.2) is 13.8 Å². The van der Waals surface area contributed by atoms with Gasteiger partial charge in [0.1, 0.15) is 12.3 Å². The second-order valence-electron chi connectivity index (χ2n) is 8.55. The van der Waals surface area contributed by atoms with Gasteiger partial charge >= 0.3 is 0 Å². The lowest BCUT2D eigenvalue weighted by Crippen LogP contribution is -2.39. The molecular formula is C26H27ClN4O6S. The summed E-state index contributed by atoms with van der Waals surface area (Å²) < 4.78 is 33.5. The molecule has 38 heavy (non-hydrogen) atoms. The third-order valence-electron chi connectivity index (χ3n) is 6.15. The number of benzene rings is 3. The van der Waals surface area contributed by atoms with Crippen molar-refractivity contribution in [2.75, 3.05) is 18.0 Å². The fourth-order valence-electron chi connectivity index (χ4n) is 3.69. The molecule has 0 aliphatic heterocycles. The largest absolute Gasteiger partial charge is 0.495 e. The van der Waals surface area contributed by atoms with E-state index in [1.165, 1.54) is 50.6 Å². The highest BCUT2D eigenvalue weighted by atomic mass is 35.5. The molecule has 0 heterocycles. The number of amides is 1. The van der Waals surface area contributed by atoms with Crippen LogP contribution in [0.3, 0.4) is 0 Å². The molecule has 200 valence electrons. The van der Waals surface area contributed by atoms with Crippen LogP contribution in [0.15, 0.2) is 58.5 Å². The van der Waals surface area contributed by atoms with Gasteiger partial charge in [-0.15, -0.1) is 0 Å². The van der Waals surface area contributed by atoms with E-state index >= 15 is 0 Å². The summed E-state index contributed by atoms with van der Waals surface area (Å²) in [7, 11) is -3.15. The van der Waals surface area contributed by atoms with Gasteiger partial charge in [-0.2, -0.15) is 5.10 Å². The number of anilines is 1. The molecule has 0 aliphatic rings. The number of aryl methyl sites for hydroxylation is 2. The number of hydrogen-bond donors (Lipinski definition) is 1. The summed E-state index contributed by atoms with van der Waals surface area (Å²) >= 11 is 6.14. The first-order valence-electron chi connectivity index (χ1n) is 11.4. The predicted molar refractivity (Wildman–Crippen MR) is 147 cm³/mol. The number of carbonyl (C=O) groups excluding carboxylic acids is 1. The number of nitrogens with zero attached hydrogens (tertiary/aromatic N) is 3. The van der Waals surface area contributed by atoms with Crippen molar-refractivity contribution >= 4 is 45.1 Å². The van der Waals surface area contributed by atoms with E-state index in [0.717, 1.165) is 32.6 Å². The van der Waals surface area contributed by atoms with Gasteiger partial charge in [-0.05, 0) is 74.2 Å². The molecule has 0 atom stereocenters. The number of hydrazone groups is 1. The summed E-state index contributed by atoms with van der Waals surface area (Å²) in [6.07, 6.45) is 1.47. The van der Waals surface area contributed by atoms with E-state index in [0.29, 0.717) is 0 Å². The molecule has 1 N–H and O–H groups in total. The molecule has 0 radical (unpaired) electrons. The number of halogens is 1. The van der Waals surface area contributed by atoms with Crippen molar-refractivity contribution in [2.45, 2.75) is 32.6 Å². The Morgan fingerprint density at radius 1 is 1.08 bits per heavy atom. The van der Waals surface area contributed by atoms with Crippen molar-refractivity contribution in [3.63, 3.8) is 0 Å². The summed E-state index contributed by atoms with van der Waals surface area (Å²) in [6, 6.07) is 11.6. The van der Waals surface area contributed by atoms with Crippen LogP contribution in [0.25, 0.3) is 0 Å². The van der Waals surface area contributed by atoms with Gasteiger partial charge in [0.2, 0.25) is 0 Å². The number of nitro benzene ring substituents is 1. The zero-order valence-electron chi connectivity index (χ0n) is 21.5. The summed E-state index contributed by atoms with van der Waals surface area (Å²) in [5, 5.41) is 15.6. The summed E-state index contributed by atoms with van der Waals surface area (Å²) in [4.78, 5) is 23.3. The zero-order chi connectivity index (χ0) is 28.2. The molecule has 0 bridgehead atoms.